The third-order valence-corrected chi connectivity index (χ3v) is 7.57. The molecule has 2 aliphatic rings. The van der Waals surface area contributed by atoms with Crippen molar-refractivity contribution < 1.29 is 23.5 Å². The maximum atomic E-state index is 14.0. The molecule has 0 bridgehead atoms. The number of hydrogen-bond donors (Lipinski definition) is 0. The predicted octanol–water partition coefficient (Wildman–Crippen LogP) is 4.64. The van der Waals surface area contributed by atoms with Crippen molar-refractivity contribution in [1.29, 1.82) is 0 Å². The molecule has 0 spiro atoms. The summed E-state index contributed by atoms with van der Waals surface area (Å²) in [5.41, 5.74) is 2.70. The summed E-state index contributed by atoms with van der Waals surface area (Å²) in [7, 11) is 1.61. The quantitative estimate of drug-likeness (QED) is 0.370. The smallest absolute Gasteiger partial charge is 0.262 e. The van der Waals surface area contributed by atoms with E-state index in [1.54, 1.807) is 25.3 Å². The van der Waals surface area contributed by atoms with Crippen molar-refractivity contribution in [3.05, 3.63) is 100 Å². The summed E-state index contributed by atoms with van der Waals surface area (Å²) in [5.74, 6) is -0.527. The molecule has 5 rings (SSSR count). The fraction of sp³-hybridized carbons (Fsp3) is 0.323. The number of carbonyl (C=O) groups excluding carboxylic acids is 2. The van der Waals surface area contributed by atoms with Gasteiger partial charge in [0.1, 0.15) is 18.1 Å². The van der Waals surface area contributed by atoms with Gasteiger partial charge in [0.15, 0.2) is 0 Å². The molecule has 214 valence electrons. The molecule has 1 saturated heterocycles. The molecule has 10 heteroatoms. The molecule has 2 heterocycles. The van der Waals surface area contributed by atoms with Gasteiger partial charge in [0.2, 0.25) is 0 Å². The number of hydrogen-bond acceptors (Lipinski definition) is 6. The fourth-order valence-electron chi connectivity index (χ4n) is 5.02. The van der Waals surface area contributed by atoms with Crippen LogP contribution in [0.25, 0.3) is 0 Å². The van der Waals surface area contributed by atoms with Gasteiger partial charge >= 0.3 is 0 Å². The van der Waals surface area contributed by atoms with Crippen molar-refractivity contribution in [3.63, 3.8) is 0 Å². The van der Waals surface area contributed by atoms with Crippen LogP contribution < -0.4 is 4.74 Å². The Balaban J connectivity index is 1.41. The van der Waals surface area contributed by atoms with Crippen LogP contribution in [-0.4, -0.2) is 85.4 Å². The molecule has 0 aromatic heterocycles. The lowest BCUT2D eigenvalue weighted by Gasteiger charge is -2.31. The number of amides is 2. The molecule has 2 amide bonds. The van der Waals surface area contributed by atoms with Crippen LogP contribution in [0.4, 0.5) is 4.39 Å². The molecular formula is C31H32ClFN4O4. The molecule has 0 unspecified atom stereocenters. The second kappa shape index (κ2) is 13.2. The minimum absolute atomic E-state index is 0.192. The molecule has 41 heavy (non-hydrogen) atoms. The van der Waals surface area contributed by atoms with Gasteiger partial charge in [-0.25, -0.2) is 9.40 Å². The summed E-state index contributed by atoms with van der Waals surface area (Å²) in [6.45, 7) is 3.40. The lowest BCUT2D eigenvalue weighted by Crippen LogP contribution is -2.46. The molecule has 1 fully saturated rings. The average Bonchev–Trinajstić information content (AvgIpc) is 3.45. The van der Waals surface area contributed by atoms with Gasteiger partial charge in [-0.15, -0.1) is 0 Å². The molecule has 0 saturated carbocycles. The predicted molar refractivity (Wildman–Crippen MR) is 155 cm³/mol. The molecule has 2 aliphatic heterocycles. The minimum atomic E-state index is -0.508. The Labute approximate surface area is 243 Å². The van der Waals surface area contributed by atoms with Crippen LogP contribution in [0, 0.1) is 5.82 Å². The van der Waals surface area contributed by atoms with Crippen LogP contribution in [0.3, 0.4) is 0 Å². The monoisotopic (exact) mass is 578 g/mol. The minimum Gasteiger partial charge on any atom is -0.497 e. The maximum absolute atomic E-state index is 14.0. The van der Waals surface area contributed by atoms with Crippen molar-refractivity contribution >= 4 is 29.1 Å². The second-order valence-corrected chi connectivity index (χ2v) is 10.4. The van der Waals surface area contributed by atoms with Gasteiger partial charge in [0.25, 0.3) is 11.8 Å². The zero-order chi connectivity index (χ0) is 28.8. The Bertz CT molecular complexity index is 1390. The van der Waals surface area contributed by atoms with E-state index in [1.165, 1.54) is 28.1 Å². The highest BCUT2D eigenvalue weighted by atomic mass is 35.5. The lowest BCUT2D eigenvalue weighted by atomic mass is 9.98. The number of benzene rings is 3. The topological polar surface area (TPSA) is 74.7 Å². The van der Waals surface area contributed by atoms with Crippen molar-refractivity contribution in [2.24, 2.45) is 5.10 Å². The molecule has 0 aliphatic carbocycles. The third-order valence-electron chi connectivity index (χ3n) is 7.32. The van der Waals surface area contributed by atoms with Gasteiger partial charge in [-0.05, 0) is 65.7 Å². The third kappa shape index (κ3) is 7.11. The number of carbonyl (C=O) groups is 2. The zero-order valence-electron chi connectivity index (χ0n) is 22.8. The van der Waals surface area contributed by atoms with E-state index >= 15 is 0 Å². The molecule has 3 aromatic carbocycles. The van der Waals surface area contributed by atoms with Crippen LogP contribution in [0.2, 0.25) is 5.02 Å². The Morgan fingerprint density at radius 1 is 1.07 bits per heavy atom. The number of morpholine rings is 1. The molecule has 8 nitrogen and oxygen atoms in total. The van der Waals surface area contributed by atoms with Gasteiger partial charge < -0.3 is 14.4 Å². The molecule has 0 radical (unpaired) electrons. The fourth-order valence-corrected chi connectivity index (χ4v) is 5.15. The number of hydrazone groups is 1. The first kappa shape index (κ1) is 28.7. The number of methoxy groups -OCH3 is 1. The van der Waals surface area contributed by atoms with E-state index in [1.807, 2.05) is 36.4 Å². The van der Waals surface area contributed by atoms with E-state index in [0.717, 1.165) is 35.7 Å². The normalized spacial score (nSPS) is 17.3. The van der Waals surface area contributed by atoms with Crippen LogP contribution in [0.15, 0.2) is 77.9 Å². The van der Waals surface area contributed by atoms with E-state index in [9.17, 15) is 14.0 Å². The van der Waals surface area contributed by atoms with E-state index in [2.05, 4.69) is 4.90 Å². The Morgan fingerprint density at radius 2 is 1.80 bits per heavy atom. The van der Waals surface area contributed by atoms with E-state index < -0.39 is 11.7 Å². The van der Waals surface area contributed by atoms with Crippen LogP contribution in [0.5, 0.6) is 5.75 Å². The molecule has 3 aromatic rings. The summed E-state index contributed by atoms with van der Waals surface area (Å²) in [4.78, 5) is 31.1. The number of rotatable bonds is 9. The SMILES string of the molecule is COc1ccc(C2=NN(C(=O)CN(CCN3CCOCC3)C(=O)c3cccc(F)c3)[C@@H](c3ccc(Cl)cc3)C2)cc1. The van der Waals surface area contributed by atoms with Crippen LogP contribution >= 0.6 is 11.6 Å². The first-order chi connectivity index (χ1) is 19.9. The molecule has 1 atom stereocenters. The van der Waals surface area contributed by atoms with Crippen molar-refractivity contribution in [2.75, 3.05) is 53.0 Å². The lowest BCUT2D eigenvalue weighted by molar-refractivity contribution is -0.133. The number of nitrogens with zero attached hydrogens (tertiary/aromatic N) is 4. The van der Waals surface area contributed by atoms with Crippen LogP contribution in [-0.2, 0) is 9.53 Å². The van der Waals surface area contributed by atoms with Gasteiger partial charge in [0.05, 0.1) is 32.1 Å². The second-order valence-electron chi connectivity index (χ2n) is 9.98. The number of halogens is 2. The van der Waals surface area contributed by atoms with E-state index in [-0.39, 0.29) is 24.1 Å². The van der Waals surface area contributed by atoms with Gasteiger partial charge in [-0.1, -0.05) is 29.8 Å². The Hall–Kier alpha value is -3.79. The molecule has 0 N–H and O–H groups in total. The largest absolute Gasteiger partial charge is 0.497 e. The first-order valence-corrected chi connectivity index (χ1v) is 13.9. The summed E-state index contributed by atoms with van der Waals surface area (Å²) >= 11 is 6.14. The van der Waals surface area contributed by atoms with Gasteiger partial charge in [-0.3, -0.25) is 14.5 Å². The van der Waals surface area contributed by atoms with Crippen molar-refractivity contribution in [1.82, 2.24) is 14.8 Å². The highest BCUT2D eigenvalue weighted by Crippen LogP contribution is 2.34. The van der Waals surface area contributed by atoms with Crippen molar-refractivity contribution in [2.45, 2.75) is 12.5 Å². The zero-order valence-corrected chi connectivity index (χ0v) is 23.6. The number of ether oxygens (including phenoxy) is 2. The summed E-state index contributed by atoms with van der Waals surface area (Å²) in [6.07, 6.45) is 0.491. The maximum Gasteiger partial charge on any atom is 0.262 e. The van der Waals surface area contributed by atoms with Gasteiger partial charge in [-0.2, -0.15) is 5.10 Å². The average molecular weight is 579 g/mol. The van der Waals surface area contributed by atoms with E-state index in [4.69, 9.17) is 26.2 Å². The highest BCUT2D eigenvalue weighted by molar-refractivity contribution is 6.30. The van der Waals surface area contributed by atoms with Crippen molar-refractivity contribution in [3.8, 4) is 5.75 Å². The molecular weight excluding hydrogens is 547 g/mol. The highest BCUT2D eigenvalue weighted by Gasteiger charge is 2.34. The van der Waals surface area contributed by atoms with Crippen LogP contribution in [0.1, 0.15) is 33.9 Å². The Morgan fingerprint density at radius 3 is 2.49 bits per heavy atom. The first-order valence-electron chi connectivity index (χ1n) is 13.6. The summed E-state index contributed by atoms with van der Waals surface area (Å²) < 4.78 is 24.7. The summed E-state index contributed by atoms with van der Waals surface area (Å²) in [6, 6.07) is 20.0. The van der Waals surface area contributed by atoms with E-state index in [0.29, 0.717) is 37.7 Å². The van der Waals surface area contributed by atoms with Gasteiger partial charge in [0, 0.05) is 43.2 Å². The standard InChI is InChI=1S/C31H32ClFN4O4/c1-40-27-11-7-22(8-12-27)28-20-29(23-5-9-25(32)10-6-23)37(34-28)30(38)21-36(14-13-35-15-17-41-18-16-35)31(39)24-3-2-4-26(33)19-24/h2-12,19,29H,13-18,20-21H2,1H3/t29-/m1/s1. The summed E-state index contributed by atoms with van der Waals surface area (Å²) in [5, 5.41) is 6.80. The Kier molecular flexibility index (Phi) is 9.28.